The van der Waals surface area contributed by atoms with Crippen molar-refractivity contribution in [3.05, 3.63) is 35.3 Å². The lowest BCUT2D eigenvalue weighted by molar-refractivity contribution is -0.870. The van der Waals surface area contributed by atoms with Crippen molar-refractivity contribution >= 4 is 11.5 Å². The third kappa shape index (κ3) is 2.36. The standard InChI is InChI=1S/C13H16N2O2/c1-15(2,3)7-6-9-8-14-13-11(17)5-4-10(16)12(9)13/h4-5,8H,6-7H2,1-3H3/p+1. The first-order valence-corrected chi connectivity index (χ1v) is 5.62. The number of rotatable bonds is 3. The van der Waals surface area contributed by atoms with Gasteiger partial charge < -0.3 is 9.59 Å². The second-order valence-corrected chi connectivity index (χ2v) is 5.35. The molecule has 0 radical (unpaired) electrons. The third-order valence-electron chi connectivity index (χ3n) is 2.84. The summed E-state index contributed by atoms with van der Waals surface area (Å²) in [5, 5.41) is 9.81. The minimum atomic E-state index is -0.130. The van der Waals surface area contributed by atoms with Gasteiger partial charge in [0, 0.05) is 12.6 Å². The van der Waals surface area contributed by atoms with E-state index in [0.29, 0.717) is 11.3 Å². The molecule has 0 spiro atoms. The lowest BCUT2D eigenvalue weighted by atomic mass is 9.93. The van der Waals surface area contributed by atoms with Gasteiger partial charge in [-0.05, 0) is 17.7 Å². The van der Waals surface area contributed by atoms with Crippen LogP contribution in [0.1, 0.15) is 6.42 Å². The molecule has 17 heavy (non-hydrogen) atoms. The van der Waals surface area contributed by atoms with Crippen LogP contribution < -0.4 is 0 Å². The molecule has 4 heteroatoms. The maximum atomic E-state index is 11.6. The number of quaternary nitrogens is 1. The number of allylic oxidation sites excluding steroid dienone is 3. The number of aliphatic imine (C=N–C) groups is 1. The van der Waals surface area contributed by atoms with Crippen molar-refractivity contribution in [1.82, 2.24) is 0 Å². The number of fused-ring (bicyclic) bond motifs is 1. The van der Waals surface area contributed by atoms with Crippen LogP contribution in [-0.2, 0) is 4.79 Å². The molecule has 1 aliphatic heterocycles. The highest BCUT2D eigenvalue weighted by atomic mass is 16.3. The molecule has 0 aromatic carbocycles. The Morgan fingerprint density at radius 3 is 2.65 bits per heavy atom. The van der Waals surface area contributed by atoms with Gasteiger partial charge in [-0.15, -0.1) is 0 Å². The summed E-state index contributed by atoms with van der Waals surface area (Å²) in [5.74, 6) is 0.0165. The smallest absolute Gasteiger partial charge is 0.205 e. The fourth-order valence-electron chi connectivity index (χ4n) is 1.86. The van der Waals surface area contributed by atoms with Crippen molar-refractivity contribution in [2.45, 2.75) is 6.42 Å². The Balaban J connectivity index is 2.19. The van der Waals surface area contributed by atoms with Crippen molar-refractivity contribution < 1.29 is 14.4 Å². The van der Waals surface area contributed by atoms with Gasteiger partial charge in [0.05, 0.1) is 33.3 Å². The van der Waals surface area contributed by atoms with E-state index in [0.717, 1.165) is 23.0 Å². The number of carbonyl (C=O) groups excluding carboxylic acids is 1. The van der Waals surface area contributed by atoms with E-state index in [1.807, 2.05) is 0 Å². The van der Waals surface area contributed by atoms with Gasteiger partial charge in [0.2, 0.25) is 5.78 Å². The van der Waals surface area contributed by atoms with Gasteiger partial charge in [-0.3, -0.25) is 9.79 Å². The average Bonchev–Trinajstić information content (AvgIpc) is 2.64. The van der Waals surface area contributed by atoms with Crippen LogP contribution in [0.4, 0.5) is 0 Å². The molecule has 4 nitrogen and oxygen atoms in total. The van der Waals surface area contributed by atoms with E-state index >= 15 is 0 Å². The molecule has 90 valence electrons. The maximum Gasteiger partial charge on any atom is 0.205 e. The third-order valence-corrected chi connectivity index (χ3v) is 2.84. The second kappa shape index (κ2) is 3.96. The first-order valence-electron chi connectivity index (χ1n) is 5.62. The first-order chi connectivity index (χ1) is 7.88. The molecular formula is C13H17N2O2+. The van der Waals surface area contributed by atoms with E-state index in [4.69, 9.17) is 0 Å². The monoisotopic (exact) mass is 233 g/mol. The highest BCUT2D eigenvalue weighted by Crippen LogP contribution is 2.28. The molecule has 1 N–H and O–H groups in total. The highest BCUT2D eigenvalue weighted by molar-refractivity contribution is 6.52. The van der Waals surface area contributed by atoms with Crippen molar-refractivity contribution in [1.29, 1.82) is 0 Å². The summed E-state index contributed by atoms with van der Waals surface area (Å²) >= 11 is 0. The molecule has 0 saturated heterocycles. The highest BCUT2D eigenvalue weighted by Gasteiger charge is 2.28. The fraction of sp³-hybridized carbons (Fsp3) is 0.385. The lowest BCUT2D eigenvalue weighted by Crippen LogP contribution is -2.35. The largest absolute Gasteiger partial charge is 0.507 e. The van der Waals surface area contributed by atoms with E-state index in [9.17, 15) is 9.90 Å². The molecule has 0 aromatic rings. The zero-order valence-corrected chi connectivity index (χ0v) is 10.4. The van der Waals surface area contributed by atoms with Crippen LogP contribution in [0, 0.1) is 0 Å². The average molecular weight is 233 g/mol. The molecule has 1 aliphatic carbocycles. The van der Waals surface area contributed by atoms with E-state index < -0.39 is 0 Å². The van der Waals surface area contributed by atoms with Crippen LogP contribution in [0.5, 0.6) is 0 Å². The van der Waals surface area contributed by atoms with Crippen molar-refractivity contribution in [2.24, 2.45) is 4.99 Å². The molecule has 0 bridgehead atoms. The van der Waals surface area contributed by atoms with Crippen LogP contribution >= 0.6 is 0 Å². The van der Waals surface area contributed by atoms with Crippen LogP contribution in [0.2, 0.25) is 0 Å². The molecular weight excluding hydrogens is 216 g/mol. The van der Waals surface area contributed by atoms with E-state index in [1.54, 1.807) is 6.20 Å². The molecule has 0 aromatic heterocycles. The van der Waals surface area contributed by atoms with Crippen molar-refractivity contribution in [2.75, 3.05) is 27.7 Å². The van der Waals surface area contributed by atoms with Crippen molar-refractivity contribution in [3.63, 3.8) is 0 Å². The van der Waals surface area contributed by atoms with Crippen LogP contribution in [0.25, 0.3) is 0 Å². The van der Waals surface area contributed by atoms with Gasteiger partial charge in [0.15, 0.2) is 0 Å². The molecule has 0 unspecified atom stereocenters. The van der Waals surface area contributed by atoms with Crippen LogP contribution in [-0.4, -0.2) is 48.8 Å². The quantitative estimate of drug-likeness (QED) is 0.591. The number of nitrogens with zero attached hydrogens (tertiary/aromatic N) is 2. The summed E-state index contributed by atoms with van der Waals surface area (Å²) in [4.78, 5) is 15.7. The van der Waals surface area contributed by atoms with Gasteiger partial charge in [-0.1, -0.05) is 0 Å². The van der Waals surface area contributed by atoms with E-state index in [1.165, 1.54) is 12.2 Å². The van der Waals surface area contributed by atoms with Gasteiger partial charge in [-0.2, -0.15) is 0 Å². The van der Waals surface area contributed by atoms with E-state index in [2.05, 4.69) is 26.1 Å². The van der Waals surface area contributed by atoms with Crippen LogP contribution in [0.15, 0.2) is 40.2 Å². The molecule has 0 saturated carbocycles. The number of aliphatic hydroxyl groups excluding tert-OH is 1. The Kier molecular flexibility index (Phi) is 2.75. The maximum absolute atomic E-state index is 11.6. The number of aliphatic hydroxyl groups is 1. The topological polar surface area (TPSA) is 49.7 Å². The SMILES string of the molecule is C[N+](C)(C)CCC1=CN=C2C(=O)C=CC(O)=C12. The fourth-order valence-corrected chi connectivity index (χ4v) is 1.86. The predicted octanol–water partition coefficient (Wildman–Crippen LogP) is 1.37. The first kappa shape index (κ1) is 11.8. The minimum absolute atomic E-state index is 0.130. The predicted molar refractivity (Wildman–Crippen MR) is 66.8 cm³/mol. The van der Waals surface area contributed by atoms with E-state index in [-0.39, 0.29) is 11.5 Å². The summed E-state index contributed by atoms with van der Waals surface area (Å²) in [6, 6.07) is 0. The Morgan fingerprint density at radius 2 is 2.00 bits per heavy atom. The summed E-state index contributed by atoms with van der Waals surface area (Å²) < 4.78 is 0.838. The number of hydrogen-bond donors (Lipinski definition) is 1. The zero-order chi connectivity index (χ0) is 12.6. The Hall–Kier alpha value is -1.68. The Labute approximate surface area is 101 Å². The zero-order valence-electron chi connectivity index (χ0n) is 10.4. The van der Waals surface area contributed by atoms with Crippen molar-refractivity contribution in [3.8, 4) is 0 Å². The minimum Gasteiger partial charge on any atom is -0.507 e. The Bertz CT molecular complexity index is 488. The van der Waals surface area contributed by atoms with Gasteiger partial charge in [0.25, 0.3) is 0 Å². The normalized spacial score (nSPS) is 19.4. The second-order valence-electron chi connectivity index (χ2n) is 5.35. The molecule has 0 atom stereocenters. The van der Waals surface area contributed by atoms with Crippen LogP contribution in [0.3, 0.4) is 0 Å². The molecule has 0 fully saturated rings. The summed E-state index contributed by atoms with van der Waals surface area (Å²) in [7, 11) is 6.33. The summed E-state index contributed by atoms with van der Waals surface area (Å²) in [6.45, 7) is 0.934. The van der Waals surface area contributed by atoms with Gasteiger partial charge in [0.1, 0.15) is 11.5 Å². The molecule has 1 heterocycles. The molecule has 0 amide bonds. The number of hydrogen-bond acceptors (Lipinski definition) is 3. The Morgan fingerprint density at radius 1 is 1.29 bits per heavy atom. The molecule has 2 rings (SSSR count). The molecule has 2 aliphatic rings. The van der Waals surface area contributed by atoms with Gasteiger partial charge >= 0.3 is 0 Å². The summed E-state index contributed by atoms with van der Waals surface area (Å²) in [6.07, 6.45) is 5.30. The van der Waals surface area contributed by atoms with Gasteiger partial charge in [-0.25, -0.2) is 0 Å². The summed E-state index contributed by atoms with van der Waals surface area (Å²) in [5.41, 5.74) is 1.94. The lowest BCUT2D eigenvalue weighted by Gasteiger charge is -2.24. The number of carbonyl (C=O) groups is 1. The number of ketones is 1.